The zero-order valence-corrected chi connectivity index (χ0v) is 20.5. The minimum atomic E-state index is -4.12. The van der Waals surface area contributed by atoms with Crippen molar-refractivity contribution in [2.45, 2.75) is 16.3 Å². The number of sulfone groups is 1. The summed E-state index contributed by atoms with van der Waals surface area (Å²) in [6.07, 6.45) is 1.10. The predicted octanol–water partition coefficient (Wildman–Crippen LogP) is 2.59. The number of rotatable bonds is 10. The molecule has 0 bridgehead atoms. The Balaban J connectivity index is 1.81. The Bertz CT molecular complexity index is 1370. The normalized spacial score (nSPS) is 11.8. The molecule has 0 unspecified atom stereocenters. The molecule has 0 aliphatic carbocycles. The number of benzene rings is 3. The zero-order valence-electron chi connectivity index (χ0n) is 18.9. The Hall–Kier alpha value is -3.45. The van der Waals surface area contributed by atoms with Crippen LogP contribution in [0.15, 0.2) is 82.6 Å². The van der Waals surface area contributed by atoms with Crippen molar-refractivity contribution in [3.8, 4) is 17.2 Å². The molecule has 0 aromatic heterocycles. The van der Waals surface area contributed by atoms with Gasteiger partial charge < -0.3 is 9.47 Å². The Kier molecular flexibility index (Phi) is 8.12. The Morgan fingerprint density at radius 1 is 0.829 bits per heavy atom. The van der Waals surface area contributed by atoms with Gasteiger partial charge in [0.1, 0.15) is 17.2 Å². The first-order valence-corrected chi connectivity index (χ1v) is 13.5. The zero-order chi connectivity index (χ0) is 25.6. The highest BCUT2D eigenvalue weighted by atomic mass is 32.2. The van der Waals surface area contributed by atoms with E-state index < -0.39 is 32.3 Å². The molecule has 186 valence electrons. The summed E-state index contributed by atoms with van der Waals surface area (Å²) < 4.78 is 61.3. The topological polar surface area (TPSA) is 139 Å². The molecule has 2 N–H and O–H groups in total. The van der Waals surface area contributed by atoms with Crippen LogP contribution in [0.5, 0.6) is 17.2 Å². The molecular formula is C23H24N2O8S2. The van der Waals surface area contributed by atoms with Crippen molar-refractivity contribution < 1.29 is 36.3 Å². The van der Waals surface area contributed by atoms with E-state index in [2.05, 4.69) is 0 Å². The molecule has 0 atom stereocenters. The molecule has 10 nitrogen and oxygen atoms in total. The minimum Gasteiger partial charge on any atom is -0.497 e. The average molecular weight is 521 g/mol. The van der Waals surface area contributed by atoms with Gasteiger partial charge in [0.05, 0.1) is 23.4 Å². The van der Waals surface area contributed by atoms with Crippen LogP contribution in [0, 0.1) is 0 Å². The quantitative estimate of drug-likeness (QED) is 0.307. The van der Waals surface area contributed by atoms with Gasteiger partial charge in [-0.05, 0) is 66.2 Å². The van der Waals surface area contributed by atoms with E-state index in [1.165, 1.54) is 61.1 Å². The molecule has 0 fully saturated rings. The summed E-state index contributed by atoms with van der Waals surface area (Å²) in [5.41, 5.74) is 2.06. The van der Waals surface area contributed by atoms with Crippen LogP contribution >= 0.6 is 0 Å². The van der Waals surface area contributed by atoms with Crippen LogP contribution < -0.4 is 15.0 Å². The number of hydrogen-bond acceptors (Lipinski definition) is 8. The van der Waals surface area contributed by atoms with Crippen LogP contribution in [0.1, 0.15) is 5.56 Å². The molecule has 0 saturated carbocycles. The number of hydrogen-bond donors (Lipinski definition) is 2. The molecule has 12 heteroatoms. The van der Waals surface area contributed by atoms with Crippen molar-refractivity contribution in [3.63, 3.8) is 0 Å². The van der Waals surface area contributed by atoms with Gasteiger partial charge >= 0.3 is 0 Å². The van der Waals surface area contributed by atoms with Crippen LogP contribution in [0.4, 0.5) is 0 Å². The van der Waals surface area contributed by atoms with Gasteiger partial charge in [0, 0.05) is 12.8 Å². The molecule has 35 heavy (non-hydrogen) atoms. The number of carbonyl (C=O) groups excluding carboxylic acids is 1. The predicted molar refractivity (Wildman–Crippen MR) is 127 cm³/mol. The van der Waals surface area contributed by atoms with Crippen LogP contribution in [0.2, 0.25) is 0 Å². The number of nitrogens with zero attached hydrogens (tertiary/aromatic N) is 1. The van der Waals surface area contributed by atoms with Gasteiger partial charge in [-0.25, -0.2) is 22.3 Å². The van der Waals surface area contributed by atoms with Crippen LogP contribution in [-0.4, -0.2) is 52.2 Å². The second-order valence-corrected chi connectivity index (χ2v) is 11.4. The Morgan fingerprint density at radius 2 is 1.31 bits per heavy atom. The van der Waals surface area contributed by atoms with Crippen molar-refractivity contribution in [3.05, 3.63) is 78.4 Å². The number of amides is 1. The van der Waals surface area contributed by atoms with Gasteiger partial charge in [-0.3, -0.25) is 10.0 Å². The van der Waals surface area contributed by atoms with E-state index in [0.717, 1.165) is 10.6 Å². The van der Waals surface area contributed by atoms with E-state index in [1.54, 1.807) is 24.3 Å². The van der Waals surface area contributed by atoms with Crippen molar-refractivity contribution >= 4 is 25.8 Å². The second kappa shape index (κ2) is 10.9. The summed E-state index contributed by atoms with van der Waals surface area (Å²) in [4.78, 5) is 11.9. The molecule has 0 radical (unpaired) electrons. The monoisotopic (exact) mass is 520 g/mol. The first kappa shape index (κ1) is 26.2. The lowest BCUT2D eigenvalue weighted by atomic mass is 10.2. The fourth-order valence-corrected chi connectivity index (χ4v) is 5.09. The fraction of sp³-hybridized carbons (Fsp3) is 0.174. The van der Waals surface area contributed by atoms with Gasteiger partial charge in [-0.1, -0.05) is 12.1 Å². The smallest absolute Gasteiger partial charge is 0.258 e. The molecule has 0 heterocycles. The number of hydroxylamine groups is 1. The van der Waals surface area contributed by atoms with E-state index in [4.69, 9.17) is 14.7 Å². The third-order valence-electron chi connectivity index (χ3n) is 4.91. The van der Waals surface area contributed by atoms with Crippen LogP contribution in [0.25, 0.3) is 0 Å². The maximum absolute atomic E-state index is 13.3. The SMILES string of the molecule is COc1ccc(CN(CC(=O)NO)S(=O)(=O)c2ccc(Oc3ccc(S(C)(=O)=O)cc3)cc2)cc1. The number of nitrogens with one attached hydrogen (secondary N) is 1. The molecule has 0 aliphatic heterocycles. The van der Waals surface area contributed by atoms with Gasteiger partial charge in [0.25, 0.3) is 5.91 Å². The standard InChI is InChI=1S/C23H24N2O8S2/c1-32-18-5-3-17(4-6-18)15-25(16-23(26)24-27)35(30,31)22-13-9-20(10-14-22)33-19-7-11-21(12-8-19)34(2,28)29/h3-14,27H,15-16H2,1-2H3,(H,24,26). The molecule has 3 rings (SSSR count). The highest BCUT2D eigenvalue weighted by molar-refractivity contribution is 7.90. The highest BCUT2D eigenvalue weighted by Gasteiger charge is 2.27. The summed E-state index contributed by atoms with van der Waals surface area (Å²) in [5.74, 6) is 0.400. The number of carbonyl (C=O) groups is 1. The fourth-order valence-electron chi connectivity index (χ4n) is 3.08. The van der Waals surface area contributed by atoms with Crippen molar-refractivity contribution in [2.75, 3.05) is 19.9 Å². The highest BCUT2D eigenvalue weighted by Crippen LogP contribution is 2.26. The lowest BCUT2D eigenvalue weighted by Crippen LogP contribution is -2.39. The third-order valence-corrected chi connectivity index (χ3v) is 7.85. The molecule has 0 aliphatic rings. The largest absolute Gasteiger partial charge is 0.497 e. The Labute approximate surface area is 203 Å². The lowest BCUT2D eigenvalue weighted by Gasteiger charge is -2.21. The van der Waals surface area contributed by atoms with Crippen LogP contribution in [-0.2, 0) is 31.2 Å². The van der Waals surface area contributed by atoms with E-state index in [1.807, 2.05) is 0 Å². The third kappa shape index (κ3) is 6.79. The number of ether oxygens (including phenoxy) is 2. The minimum absolute atomic E-state index is 0.0866. The van der Waals surface area contributed by atoms with Gasteiger partial charge in [0.15, 0.2) is 9.84 Å². The van der Waals surface area contributed by atoms with E-state index in [0.29, 0.717) is 22.8 Å². The first-order chi connectivity index (χ1) is 16.5. The van der Waals surface area contributed by atoms with Gasteiger partial charge in [-0.2, -0.15) is 4.31 Å². The van der Waals surface area contributed by atoms with Crippen molar-refractivity contribution in [1.29, 1.82) is 0 Å². The van der Waals surface area contributed by atoms with Crippen LogP contribution in [0.3, 0.4) is 0 Å². The molecule has 1 amide bonds. The van der Waals surface area contributed by atoms with E-state index >= 15 is 0 Å². The van der Waals surface area contributed by atoms with Gasteiger partial charge in [0.2, 0.25) is 10.0 Å². The second-order valence-electron chi connectivity index (χ2n) is 7.47. The Morgan fingerprint density at radius 3 is 1.77 bits per heavy atom. The number of methoxy groups -OCH3 is 1. The van der Waals surface area contributed by atoms with E-state index in [9.17, 15) is 21.6 Å². The molecule has 3 aromatic rings. The summed E-state index contributed by atoms with van der Waals surface area (Å²) in [5, 5.41) is 8.91. The first-order valence-electron chi connectivity index (χ1n) is 10.2. The molecule has 3 aromatic carbocycles. The maximum atomic E-state index is 13.3. The number of sulfonamides is 1. The molecular weight excluding hydrogens is 496 g/mol. The van der Waals surface area contributed by atoms with Crippen molar-refractivity contribution in [2.24, 2.45) is 0 Å². The molecule has 0 spiro atoms. The van der Waals surface area contributed by atoms with Gasteiger partial charge in [-0.15, -0.1) is 0 Å². The summed E-state index contributed by atoms with van der Waals surface area (Å²) in [6.45, 7) is -0.722. The van der Waals surface area contributed by atoms with Crippen molar-refractivity contribution in [1.82, 2.24) is 9.79 Å². The molecule has 0 saturated heterocycles. The lowest BCUT2D eigenvalue weighted by molar-refractivity contribution is -0.129. The average Bonchev–Trinajstić information content (AvgIpc) is 2.84. The maximum Gasteiger partial charge on any atom is 0.258 e. The summed E-state index contributed by atoms with van der Waals surface area (Å²) in [7, 11) is -5.95. The van der Waals surface area contributed by atoms with E-state index in [-0.39, 0.29) is 16.3 Å². The summed E-state index contributed by atoms with van der Waals surface area (Å²) in [6, 6.07) is 18.0. The summed E-state index contributed by atoms with van der Waals surface area (Å²) >= 11 is 0.